The molecule has 1 aliphatic rings. The van der Waals surface area contributed by atoms with E-state index in [2.05, 4.69) is 61.3 Å². The predicted octanol–water partition coefficient (Wildman–Crippen LogP) is 3.99. The van der Waals surface area contributed by atoms with Crippen molar-refractivity contribution in [2.75, 3.05) is 13.1 Å². The molecular weight excluding hydrogens is 244 g/mol. The lowest BCUT2D eigenvalue weighted by atomic mass is 9.97. The van der Waals surface area contributed by atoms with Crippen LogP contribution in [0.15, 0.2) is 30.3 Å². The topological polar surface area (TPSA) is 15.3 Å². The lowest BCUT2D eigenvalue weighted by Crippen LogP contribution is -2.45. The third kappa shape index (κ3) is 4.32. The van der Waals surface area contributed by atoms with E-state index in [0.717, 1.165) is 0 Å². The molecule has 0 spiro atoms. The van der Waals surface area contributed by atoms with Gasteiger partial charge in [0.15, 0.2) is 0 Å². The van der Waals surface area contributed by atoms with Gasteiger partial charge in [-0.3, -0.25) is 0 Å². The molecule has 20 heavy (non-hydrogen) atoms. The van der Waals surface area contributed by atoms with Gasteiger partial charge in [0.1, 0.15) is 0 Å². The summed E-state index contributed by atoms with van der Waals surface area (Å²) in [5.41, 5.74) is 1.45. The highest BCUT2D eigenvalue weighted by molar-refractivity contribution is 5.19. The minimum absolute atomic E-state index is 0.525. The molecule has 0 radical (unpaired) electrons. The average molecular weight is 274 g/mol. The maximum absolute atomic E-state index is 3.91. The average Bonchev–Trinajstić information content (AvgIpc) is 2.48. The Hall–Kier alpha value is -0.860. The normalized spacial score (nSPS) is 19.4. The smallest absolute Gasteiger partial charge is 0.0322 e. The number of piperidine rings is 1. The van der Waals surface area contributed by atoms with E-state index in [4.69, 9.17) is 0 Å². The molecule has 0 saturated carbocycles. The first-order chi connectivity index (χ1) is 9.70. The maximum Gasteiger partial charge on any atom is 0.0322 e. The second kappa shape index (κ2) is 7.80. The lowest BCUT2D eigenvalue weighted by molar-refractivity contribution is 0.155. The van der Waals surface area contributed by atoms with Crippen LogP contribution in [0.1, 0.15) is 58.1 Å². The molecule has 2 rings (SSSR count). The molecule has 2 heteroatoms. The Bertz CT molecular complexity index is 366. The molecule has 1 fully saturated rings. The molecule has 1 atom stereocenters. The van der Waals surface area contributed by atoms with Gasteiger partial charge in [0.05, 0.1) is 0 Å². The number of benzene rings is 1. The SMILES string of the molecule is CCCC(NC1CCN(C(C)C)CC1)c1ccccc1. The van der Waals surface area contributed by atoms with E-state index in [1.54, 1.807) is 0 Å². The first kappa shape index (κ1) is 15.5. The van der Waals surface area contributed by atoms with Crippen LogP contribution in [0.25, 0.3) is 0 Å². The summed E-state index contributed by atoms with van der Waals surface area (Å²) in [5.74, 6) is 0. The van der Waals surface area contributed by atoms with Crippen molar-refractivity contribution >= 4 is 0 Å². The van der Waals surface area contributed by atoms with E-state index in [1.165, 1.54) is 44.3 Å². The highest BCUT2D eigenvalue weighted by Gasteiger charge is 2.23. The molecule has 1 heterocycles. The largest absolute Gasteiger partial charge is 0.307 e. The zero-order chi connectivity index (χ0) is 14.4. The van der Waals surface area contributed by atoms with Crippen molar-refractivity contribution in [3.05, 3.63) is 35.9 Å². The fourth-order valence-electron chi connectivity index (χ4n) is 3.19. The molecule has 112 valence electrons. The molecule has 1 saturated heterocycles. The lowest BCUT2D eigenvalue weighted by Gasteiger charge is -2.36. The third-order valence-corrected chi connectivity index (χ3v) is 4.48. The molecule has 1 N–H and O–H groups in total. The van der Waals surface area contributed by atoms with Crippen LogP contribution in [-0.2, 0) is 0 Å². The number of hydrogen-bond acceptors (Lipinski definition) is 2. The van der Waals surface area contributed by atoms with Gasteiger partial charge in [-0.2, -0.15) is 0 Å². The molecule has 1 aliphatic heterocycles. The number of hydrogen-bond donors (Lipinski definition) is 1. The quantitative estimate of drug-likeness (QED) is 0.844. The van der Waals surface area contributed by atoms with E-state index in [1.807, 2.05) is 0 Å². The van der Waals surface area contributed by atoms with Crippen LogP contribution in [0.3, 0.4) is 0 Å². The monoisotopic (exact) mass is 274 g/mol. The second-order valence-corrected chi connectivity index (χ2v) is 6.32. The second-order valence-electron chi connectivity index (χ2n) is 6.32. The predicted molar refractivity (Wildman–Crippen MR) is 87.0 cm³/mol. The standard InChI is InChI=1S/C18H30N2/c1-4-8-18(16-9-6-5-7-10-16)19-17-11-13-20(14-12-17)15(2)3/h5-7,9-10,15,17-19H,4,8,11-14H2,1-3H3. The van der Waals surface area contributed by atoms with Gasteiger partial charge in [-0.15, -0.1) is 0 Å². The van der Waals surface area contributed by atoms with Gasteiger partial charge >= 0.3 is 0 Å². The van der Waals surface area contributed by atoms with Gasteiger partial charge in [-0.1, -0.05) is 43.7 Å². The Balaban J connectivity index is 1.90. The summed E-state index contributed by atoms with van der Waals surface area (Å²) in [6.45, 7) is 9.36. The highest BCUT2D eigenvalue weighted by Crippen LogP contribution is 2.22. The Kier molecular flexibility index (Phi) is 6.06. The first-order valence-corrected chi connectivity index (χ1v) is 8.25. The van der Waals surface area contributed by atoms with Gasteiger partial charge in [0.25, 0.3) is 0 Å². The molecule has 1 aromatic carbocycles. The zero-order valence-corrected chi connectivity index (χ0v) is 13.3. The number of nitrogens with one attached hydrogen (secondary N) is 1. The Labute approximate surface area is 124 Å². The summed E-state index contributed by atoms with van der Waals surface area (Å²) < 4.78 is 0. The van der Waals surface area contributed by atoms with Crippen LogP contribution in [0.5, 0.6) is 0 Å². The summed E-state index contributed by atoms with van der Waals surface area (Å²) in [5, 5.41) is 3.91. The summed E-state index contributed by atoms with van der Waals surface area (Å²) >= 11 is 0. The van der Waals surface area contributed by atoms with Crippen LogP contribution >= 0.6 is 0 Å². The molecule has 2 nitrogen and oxygen atoms in total. The minimum Gasteiger partial charge on any atom is -0.307 e. The van der Waals surface area contributed by atoms with E-state index in [-0.39, 0.29) is 0 Å². The van der Waals surface area contributed by atoms with Crippen molar-refractivity contribution in [3.8, 4) is 0 Å². The maximum atomic E-state index is 3.91. The molecule has 0 amide bonds. The summed E-state index contributed by atoms with van der Waals surface area (Å²) in [6.07, 6.45) is 5.03. The van der Waals surface area contributed by atoms with Crippen molar-refractivity contribution in [1.29, 1.82) is 0 Å². The molecule has 1 unspecified atom stereocenters. The highest BCUT2D eigenvalue weighted by atomic mass is 15.2. The molecule has 1 aromatic rings. The summed E-state index contributed by atoms with van der Waals surface area (Å²) in [7, 11) is 0. The fourth-order valence-corrected chi connectivity index (χ4v) is 3.19. The first-order valence-electron chi connectivity index (χ1n) is 8.25. The number of nitrogens with zero attached hydrogens (tertiary/aromatic N) is 1. The fraction of sp³-hybridized carbons (Fsp3) is 0.667. The molecule has 0 bridgehead atoms. The van der Waals surface area contributed by atoms with Gasteiger partial charge in [0.2, 0.25) is 0 Å². The molecule has 0 aromatic heterocycles. The van der Waals surface area contributed by atoms with E-state index < -0.39 is 0 Å². The van der Waals surface area contributed by atoms with Crippen molar-refractivity contribution in [2.45, 2.75) is 64.6 Å². The Morgan fingerprint density at radius 1 is 1.15 bits per heavy atom. The van der Waals surface area contributed by atoms with Crippen LogP contribution in [0, 0.1) is 0 Å². The van der Waals surface area contributed by atoms with Gasteiger partial charge in [-0.25, -0.2) is 0 Å². The Morgan fingerprint density at radius 3 is 2.35 bits per heavy atom. The van der Waals surface area contributed by atoms with Crippen molar-refractivity contribution in [2.24, 2.45) is 0 Å². The minimum atomic E-state index is 0.525. The molecule has 0 aliphatic carbocycles. The van der Waals surface area contributed by atoms with Crippen molar-refractivity contribution in [3.63, 3.8) is 0 Å². The van der Waals surface area contributed by atoms with Gasteiger partial charge in [0, 0.05) is 18.1 Å². The van der Waals surface area contributed by atoms with Crippen molar-refractivity contribution < 1.29 is 0 Å². The summed E-state index contributed by atoms with van der Waals surface area (Å²) in [6, 6.07) is 12.8. The zero-order valence-electron chi connectivity index (χ0n) is 13.3. The van der Waals surface area contributed by atoms with E-state index in [9.17, 15) is 0 Å². The van der Waals surface area contributed by atoms with Crippen LogP contribution < -0.4 is 5.32 Å². The van der Waals surface area contributed by atoms with Crippen molar-refractivity contribution in [1.82, 2.24) is 10.2 Å². The van der Waals surface area contributed by atoms with Crippen LogP contribution in [-0.4, -0.2) is 30.1 Å². The van der Waals surface area contributed by atoms with E-state index >= 15 is 0 Å². The molecular formula is C18H30N2. The Morgan fingerprint density at radius 2 is 1.80 bits per heavy atom. The van der Waals surface area contributed by atoms with Crippen LogP contribution in [0.4, 0.5) is 0 Å². The van der Waals surface area contributed by atoms with Gasteiger partial charge < -0.3 is 10.2 Å². The third-order valence-electron chi connectivity index (χ3n) is 4.48. The van der Waals surface area contributed by atoms with Crippen LogP contribution in [0.2, 0.25) is 0 Å². The number of likely N-dealkylation sites (tertiary alicyclic amines) is 1. The number of rotatable bonds is 6. The summed E-state index contributed by atoms with van der Waals surface area (Å²) in [4.78, 5) is 2.59. The van der Waals surface area contributed by atoms with E-state index in [0.29, 0.717) is 18.1 Å². The van der Waals surface area contributed by atoms with Gasteiger partial charge in [-0.05, 0) is 51.8 Å².